The molecule has 0 bridgehead atoms. The standard InChI is InChI=1S/C21H22FN3O4S/c1-15-5-9-17(10-6-15)28-14-20-23-21(24-29-20)19-4-2-3-13-25(19)30(26,27)18-11-7-16(22)8-12-18/h5-12,19H,2-4,13-14H2,1H3. The van der Waals surface area contributed by atoms with Gasteiger partial charge in [0.2, 0.25) is 10.0 Å². The maximum Gasteiger partial charge on any atom is 0.264 e. The number of nitrogens with zero attached hydrogens (tertiary/aromatic N) is 3. The largest absolute Gasteiger partial charge is 0.484 e. The van der Waals surface area contributed by atoms with E-state index in [-0.39, 0.29) is 17.4 Å². The van der Waals surface area contributed by atoms with Crippen LogP contribution < -0.4 is 4.74 Å². The van der Waals surface area contributed by atoms with E-state index in [1.807, 2.05) is 31.2 Å². The Hall–Kier alpha value is -2.78. The number of ether oxygens (including phenoxy) is 1. The summed E-state index contributed by atoms with van der Waals surface area (Å²) in [6.45, 7) is 2.42. The van der Waals surface area contributed by atoms with Crippen LogP contribution in [0.3, 0.4) is 0 Å². The number of halogens is 1. The molecule has 2 heterocycles. The molecule has 1 aromatic heterocycles. The van der Waals surface area contributed by atoms with Crippen molar-refractivity contribution in [3.05, 3.63) is 71.6 Å². The van der Waals surface area contributed by atoms with Crippen molar-refractivity contribution < 1.29 is 22.1 Å². The summed E-state index contributed by atoms with van der Waals surface area (Å²) in [5.41, 5.74) is 1.13. The van der Waals surface area contributed by atoms with Crippen LogP contribution in [0.25, 0.3) is 0 Å². The van der Waals surface area contributed by atoms with Gasteiger partial charge in [0.1, 0.15) is 11.6 Å². The number of rotatable bonds is 6. The molecule has 1 saturated heterocycles. The van der Waals surface area contributed by atoms with Crippen molar-refractivity contribution >= 4 is 10.0 Å². The van der Waals surface area contributed by atoms with Gasteiger partial charge in [-0.2, -0.15) is 9.29 Å². The topological polar surface area (TPSA) is 85.5 Å². The summed E-state index contributed by atoms with van der Waals surface area (Å²) in [6.07, 6.45) is 2.17. The summed E-state index contributed by atoms with van der Waals surface area (Å²) in [5.74, 6) is 0.775. The molecule has 1 aliphatic heterocycles. The first-order chi connectivity index (χ1) is 14.4. The Morgan fingerprint density at radius 3 is 2.60 bits per heavy atom. The van der Waals surface area contributed by atoms with E-state index >= 15 is 0 Å². The van der Waals surface area contributed by atoms with E-state index in [1.54, 1.807) is 0 Å². The zero-order valence-corrected chi connectivity index (χ0v) is 17.3. The molecule has 0 saturated carbocycles. The van der Waals surface area contributed by atoms with E-state index in [1.165, 1.54) is 16.4 Å². The summed E-state index contributed by atoms with van der Waals surface area (Å²) in [6, 6.07) is 11.9. The fourth-order valence-corrected chi connectivity index (χ4v) is 5.09. The van der Waals surface area contributed by atoms with E-state index in [9.17, 15) is 12.8 Å². The van der Waals surface area contributed by atoms with Crippen molar-refractivity contribution in [3.63, 3.8) is 0 Å². The van der Waals surface area contributed by atoms with Crippen molar-refractivity contribution in [3.8, 4) is 5.75 Å². The molecule has 30 heavy (non-hydrogen) atoms. The molecule has 158 valence electrons. The van der Waals surface area contributed by atoms with E-state index in [4.69, 9.17) is 9.26 Å². The Morgan fingerprint density at radius 1 is 1.13 bits per heavy atom. The second-order valence-electron chi connectivity index (χ2n) is 7.23. The predicted octanol–water partition coefficient (Wildman–Crippen LogP) is 4.01. The van der Waals surface area contributed by atoms with Gasteiger partial charge in [-0.3, -0.25) is 0 Å². The number of hydrogen-bond donors (Lipinski definition) is 0. The predicted molar refractivity (Wildman–Crippen MR) is 107 cm³/mol. The minimum absolute atomic E-state index is 0.0437. The molecule has 1 unspecified atom stereocenters. The lowest BCUT2D eigenvalue weighted by Gasteiger charge is -2.32. The highest BCUT2D eigenvalue weighted by atomic mass is 32.2. The van der Waals surface area contributed by atoms with Crippen LogP contribution in [0.2, 0.25) is 0 Å². The fourth-order valence-electron chi connectivity index (χ4n) is 3.43. The van der Waals surface area contributed by atoms with Crippen LogP contribution in [-0.4, -0.2) is 29.4 Å². The van der Waals surface area contributed by atoms with Crippen LogP contribution >= 0.6 is 0 Å². The highest BCUT2D eigenvalue weighted by molar-refractivity contribution is 7.89. The molecule has 1 atom stereocenters. The fraction of sp³-hybridized carbons (Fsp3) is 0.333. The zero-order chi connectivity index (χ0) is 21.1. The van der Waals surface area contributed by atoms with Crippen molar-refractivity contribution in [2.45, 2.75) is 43.7 Å². The van der Waals surface area contributed by atoms with Crippen LogP contribution in [0.4, 0.5) is 4.39 Å². The average molecular weight is 431 g/mol. The molecule has 4 rings (SSSR count). The Bertz CT molecular complexity index is 1100. The number of piperidine rings is 1. The van der Waals surface area contributed by atoms with Crippen molar-refractivity contribution in [1.29, 1.82) is 0 Å². The Morgan fingerprint density at radius 2 is 1.87 bits per heavy atom. The Kier molecular flexibility index (Phi) is 5.83. The van der Waals surface area contributed by atoms with Crippen LogP contribution in [0.1, 0.15) is 42.6 Å². The Labute approximate surface area is 174 Å². The lowest BCUT2D eigenvalue weighted by atomic mass is 10.0. The first-order valence-electron chi connectivity index (χ1n) is 9.73. The molecule has 1 fully saturated rings. The maximum atomic E-state index is 13.2. The van der Waals surface area contributed by atoms with Gasteiger partial charge in [0, 0.05) is 6.54 Å². The van der Waals surface area contributed by atoms with Crippen molar-refractivity contribution in [2.75, 3.05) is 6.54 Å². The van der Waals surface area contributed by atoms with Gasteiger partial charge in [-0.1, -0.05) is 29.3 Å². The zero-order valence-electron chi connectivity index (χ0n) is 16.5. The van der Waals surface area contributed by atoms with E-state index in [2.05, 4.69) is 10.1 Å². The van der Waals surface area contributed by atoms with Gasteiger partial charge in [-0.25, -0.2) is 12.8 Å². The average Bonchev–Trinajstić information content (AvgIpc) is 3.23. The third kappa shape index (κ3) is 4.36. The molecule has 0 N–H and O–H groups in total. The number of aromatic nitrogens is 2. The molecule has 0 aliphatic carbocycles. The summed E-state index contributed by atoms with van der Waals surface area (Å²) in [4.78, 5) is 4.41. The smallest absolute Gasteiger partial charge is 0.264 e. The number of hydrogen-bond acceptors (Lipinski definition) is 6. The van der Waals surface area contributed by atoms with Crippen LogP contribution in [0.5, 0.6) is 5.75 Å². The van der Waals surface area contributed by atoms with Crippen molar-refractivity contribution in [2.24, 2.45) is 0 Å². The quantitative estimate of drug-likeness (QED) is 0.586. The van der Waals surface area contributed by atoms with E-state index in [0.717, 1.165) is 30.5 Å². The van der Waals surface area contributed by atoms with Crippen LogP contribution in [0.15, 0.2) is 57.9 Å². The molecule has 3 aromatic rings. The lowest BCUT2D eigenvalue weighted by Crippen LogP contribution is -2.39. The molecular weight excluding hydrogens is 409 g/mol. The molecule has 1 aliphatic rings. The second kappa shape index (κ2) is 8.53. The molecule has 0 amide bonds. The second-order valence-corrected chi connectivity index (χ2v) is 9.12. The number of sulfonamides is 1. The Balaban J connectivity index is 1.51. The van der Waals surface area contributed by atoms with Gasteiger partial charge < -0.3 is 9.26 Å². The molecule has 0 radical (unpaired) electrons. The third-order valence-electron chi connectivity index (χ3n) is 5.04. The normalized spacial score (nSPS) is 17.7. The SMILES string of the molecule is Cc1ccc(OCc2nc(C3CCCCN3S(=O)(=O)c3ccc(F)cc3)no2)cc1. The monoisotopic (exact) mass is 431 g/mol. The van der Waals surface area contributed by atoms with E-state index < -0.39 is 21.9 Å². The molecular formula is C21H22FN3O4S. The molecule has 9 heteroatoms. The highest BCUT2D eigenvalue weighted by Crippen LogP contribution is 2.34. The first-order valence-corrected chi connectivity index (χ1v) is 11.2. The summed E-state index contributed by atoms with van der Waals surface area (Å²) >= 11 is 0. The number of benzene rings is 2. The first kappa shape index (κ1) is 20.5. The van der Waals surface area contributed by atoms with Gasteiger partial charge >= 0.3 is 0 Å². The van der Waals surface area contributed by atoms with Gasteiger partial charge in [0.15, 0.2) is 12.4 Å². The maximum absolute atomic E-state index is 13.2. The van der Waals surface area contributed by atoms with Gasteiger partial charge in [0.05, 0.1) is 10.9 Å². The summed E-state index contributed by atoms with van der Waals surface area (Å²) < 4.78 is 51.8. The third-order valence-corrected chi connectivity index (χ3v) is 6.96. The minimum Gasteiger partial charge on any atom is -0.484 e. The molecule has 0 spiro atoms. The van der Waals surface area contributed by atoms with Gasteiger partial charge in [-0.15, -0.1) is 0 Å². The summed E-state index contributed by atoms with van der Waals surface area (Å²) in [5, 5.41) is 4.01. The summed E-state index contributed by atoms with van der Waals surface area (Å²) in [7, 11) is -3.81. The number of aryl methyl sites for hydroxylation is 1. The van der Waals surface area contributed by atoms with Crippen molar-refractivity contribution in [1.82, 2.24) is 14.4 Å². The lowest BCUT2D eigenvalue weighted by molar-refractivity contribution is 0.231. The van der Waals surface area contributed by atoms with Crippen LogP contribution in [-0.2, 0) is 16.6 Å². The molecule has 7 nitrogen and oxygen atoms in total. The van der Waals surface area contributed by atoms with Gasteiger partial charge in [0.25, 0.3) is 5.89 Å². The van der Waals surface area contributed by atoms with Gasteiger partial charge in [-0.05, 0) is 56.2 Å². The highest BCUT2D eigenvalue weighted by Gasteiger charge is 2.37. The van der Waals surface area contributed by atoms with E-state index in [0.29, 0.717) is 24.5 Å². The minimum atomic E-state index is -3.81. The molecule has 2 aromatic carbocycles. The van der Waals surface area contributed by atoms with Crippen LogP contribution in [0, 0.1) is 12.7 Å².